The van der Waals surface area contributed by atoms with Gasteiger partial charge in [0.05, 0.1) is 56.6 Å². The Hall–Kier alpha value is -5.20. The van der Waals surface area contributed by atoms with E-state index in [1.807, 2.05) is 0 Å². The molecule has 27 nitrogen and oxygen atoms in total. The third-order valence-corrected chi connectivity index (χ3v) is 14.1. The van der Waals surface area contributed by atoms with Gasteiger partial charge in [-0.1, -0.05) is 0 Å². The minimum Gasteiger partial charge on any atom is -0.505 e. The number of fused-ring (bicyclic) bond motifs is 1. The van der Waals surface area contributed by atoms with Crippen molar-refractivity contribution in [3.05, 3.63) is 42.5 Å². The second-order valence-electron chi connectivity index (χ2n) is 12.0. The number of nitrogens with one attached hydrogen (secondary N) is 1. The van der Waals surface area contributed by atoms with E-state index in [1.54, 1.807) is 0 Å². The zero-order chi connectivity index (χ0) is 47.5. The van der Waals surface area contributed by atoms with E-state index >= 15 is 0 Å². The maximum absolute atomic E-state index is 13.0. The van der Waals surface area contributed by atoms with Gasteiger partial charge in [0.1, 0.15) is 48.9 Å². The van der Waals surface area contributed by atoms with Crippen molar-refractivity contribution >= 4 is 99.9 Å². The molecule has 0 saturated carbocycles. The molecule has 0 radical (unpaired) electrons. The van der Waals surface area contributed by atoms with E-state index in [0.717, 1.165) is 39.5 Å². The molecule has 0 aliphatic heterocycles. The van der Waals surface area contributed by atoms with Crippen LogP contribution >= 0.6 is 0 Å². The standard InChI is InChI=1S/C30H33N5O22S6/c1-31-19-6-5-17-18(27(19)34-32-20-14-23(54-3)24(15-22(20)53-2)59(39,40)10-8-57-63(50,51)52)13-25(60(41,42)43)28(29(17)36)35-33-21-11-16(12-26(30(21)55-4)61(44,45)46)58(37,38)9-7-56-62(47,48)49/h5-6,11-15,31,36H,7-10H2,1-4H3,(H,41,42,43)(H,44,45,46)(H,47,48,49)(H,50,51,52)/b34-32+,35-33+. The second kappa shape index (κ2) is 18.9. The molecule has 0 bridgehead atoms. The highest BCUT2D eigenvalue weighted by molar-refractivity contribution is 7.92. The molecule has 0 aliphatic carbocycles. The highest BCUT2D eigenvalue weighted by atomic mass is 32.3. The summed E-state index contributed by atoms with van der Waals surface area (Å²) >= 11 is 0. The fraction of sp³-hybridized carbons (Fsp3) is 0.267. The number of phenols is 1. The number of hydrogen-bond acceptors (Lipinski definition) is 23. The van der Waals surface area contributed by atoms with Gasteiger partial charge in [0.25, 0.3) is 20.2 Å². The first-order valence-corrected chi connectivity index (χ1v) is 25.4. The van der Waals surface area contributed by atoms with Crippen LogP contribution in [0.15, 0.2) is 82.5 Å². The van der Waals surface area contributed by atoms with Gasteiger partial charge >= 0.3 is 20.8 Å². The number of hydrogen-bond donors (Lipinski definition) is 6. The normalized spacial score (nSPS) is 13.2. The summed E-state index contributed by atoms with van der Waals surface area (Å²) in [5.74, 6) is -4.64. The summed E-state index contributed by atoms with van der Waals surface area (Å²) < 4.78 is 207. The molecule has 0 aliphatic rings. The molecule has 6 N–H and O–H groups in total. The van der Waals surface area contributed by atoms with E-state index in [-0.39, 0.29) is 39.3 Å². The minimum atomic E-state index is -5.41. The Balaban J connectivity index is 1.93. The molecule has 0 fully saturated rings. The lowest BCUT2D eigenvalue weighted by molar-refractivity contribution is 0.282. The largest absolute Gasteiger partial charge is 0.505 e. The van der Waals surface area contributed by atoms with Crippen LogP contribution in [0.5, 0.6) is 23.0 Å². The maximum Gasteiger partial charge on any atom is 0.397 e. The number of nitrogens with zero attached hydrogens (tertiary/aromatic N) is 4. The van der Waals surface area contributed by atoms with Gasteiger partial charge in [0, 0.05) is 30.0 Å². The van der Waals surface area contributed by atoms with Crippen molar-refractivity contribution in [2.75, 3.05) is 58.4 Å². The van der Waals surface area contributed by atoms with Gasteiger partial charge in [0.15, 0.2) is 31.2 Å². The highest BCUT2D eigenvalue weighted by Gasteiger charge is 2.29. The van der Waals surface area contributed by atoms with Crippen molar-refractivity contribution in [1.82, 2.24) is 0 Å². The fourth-order valence-electron chi connectivity index (χ4n) is 5.33. The monoisotopic (exact) mass is 1010 g/mol. The fourth-order valence-corrected chi connectivity index (χ4v) is 9.93. The van der Waals surface area contributed by atoms with E-state index in [1.165, 1.54) is 19.2 Å². The quantitative estimate of drug-likeness (QED) is 0.0547. The van der Waals surface area contributed by atoms with E-state index in [2.05, 4.69) is 34.1 Å². The SMILES string of the molecule is CNc1ccc2c(O)c(/N=N/c3cc(S(=O)(=O)CCOS(=O)(=O)O)cc(S(=O)(=O)O)c3OC)c(S(=O)(=O)O)cc2c1/N=N/c1cc(OC)c(S(=O)(=O)CCOS(=O)(=O)O)cc1OC. The number of methoxy groups -OCH3 is 3. The lowest BCUT2D eigenvalue weighted by Gasteiger charge is -2.14. The van der Waals surface area contributed by atoms with Crippen LogP contribution < -0.4 is 19.5 Å². The zero-order valence-electron chi connectivity index (χ0n) is 32.3. The molecule has 4 aromatic carbocycles. The predicted octanol–water partition coefficient (Wildman–Crippen LogP) is 3.12. The zero-order valence-corrected chi connectivity index (χ0v) is 37.2. The molecule has 0 unspecified atom stereocenters. The van der Waals surface area contributed by atoms with Crippen LogP contribution in [0.25, 0.3) is 10.8 Å². The van der Waals surface area contributed by atoms with Gasteiger partial charge in [-0.25, -0.2) is 25.2 Å². The van der Waals surface area contributed by atoms with Gasteiger partial charge in [-0.3, -0.25) is 18.2 Å². The summed E-state index contributed by atoms with van der Waals surface area (Å²) in [6, 6.07) is 6.30. The van der Waals surface area contributed by atoms with E-state index in [0.29, 0.717) is 12.1 Å². The van der Waals surface area contributed by atoms with E-state index < -0.39 is 128 Å². The molecule has 4 aromatic rings. The molecule has 33 heteroatoms. The van der Waals surface area contributed by atoms with E-state index in [9.17, 15) is 64.7 Å². The molecule has 0 spiro atoms. The number of azo groups is 2. The number of aromatic hydroxyl groups is 1. The lowest BCUT2D eigenvalue weighted by Crippen LogP contribution is -2.16. The average Bonchev–Trinajstić information content (AvgIpc) is 3.16. The first-order valence-electron chi connectivity index (χ1n) is 16.4. The van der Waals surface area contributed by atoms with Gasteiger partial charge in [-0.05, 0) is 30.3 Å². The van der Waals surface area contributed by atoms with Crippen LogP contribution in [-0.4, -0.2) is 127 Å². The van der Waals surface area contributed by atoms with Crippen molar-refractivity contribution in [2.45, 2.75) is 19.6 Å². The van der Waals surface area contributed by atoms with Crippen LogP contribution in [0.4, 0.5) is 28.4 Å². The van der Waals surface area contributed by atoms with Crippen molar-refractivity contribution in [1.29, 1.82) is 0 Å². The van der Waals surface area contributed by atoms with E-state index in [4.69, 9.17) is 23.3 Å². The minimum absolute atomic E-state index is 0.104. The first kappa shape index (κ1) is 50.4. The van der Waals surface area contributed by atoms with Crippen LogP contribution in [0, 0.1) is 0 Å². The Labute approximate surface area is 358 Å². The van der Waals surface area contributed by atoms with Crippen LogP contribution in [0.3, 0.4) is 0 Å². The summed E-state index contributed by atoms with van der Waals surface area (Å²) in [6.45, 7) is -2.13. The van der Waals surface area contributed by atoms with Crippen molar-refractivity contribution in [3.8, 4) is 23.0 Å². The van der Waals surface area contributed by atoms with Crippen LogP contribution in [0.2, 0.25) is 0 Å². The molecule has 4 rings (SSSR count). The number of phenolic OH excluding ortho intramolecular Hbond substituents is 1. The first-order chi connectivity index (χ1) is 29.0. The van der Waals surface area contributed by atoms with Crippen molar-refractivity contribution in [2.24, 2.45) is 20.5 Å². The second-order valence-corrected chi connectivity index (χ2v) is 21.2. The molecular weight excluding hydrogens is 975 g/mol. The Morgan fingerprint density at radius 3 is 1.60 bits per heavy atom. The molecule has 63 heavy (non-hydrogen) atoms. The molecule has 0 amide bonds. The molecule has 0 aromatic heterocycles. The number of ether oxygens (including phenoxy) is 3. The van der Waals surface area contributed by atoms with Gasteiger partial charge < -0.3 is 24.6 Å². The molecular formula is C30H33N5O22S6. The maximum atomic E-state index is 13.0. The summed E-state index contributed by atoms with van der Waals surface area (Å²) in [6.07, 6.45) is 0. The summed E-state index contributed by atoms with van der Waals surface area (Å²) in [7, 11) is -25.5. The molecule has 0 heterocycles. The van der Waals surface area contributed by atoms with Crippen molar-refractivity contribution in [3.63, 3.8) is 0 Å². The Kier molecular flexibility index (Phi) is 15.1. The van der Waals surface area contributed by atoms with Gasteiger partial charge in [-0.2, -0.15) is 33.7 Å². The number of anilines is 1. The third kappa shape index (κ3) is 12.3. The van der Waals surface area contributed by atoms with Crippen LogP contribution in [0.1, 0.15) is 0 Å². The lowest BCUT2D eigenvalue weighted by atomic mass is 10.1. The Morgan fingerprint density at radius 2 is 1.10 bits per heavy atom. The Morgan fingerprint density at radius 1 is 0.556 bits per heavy atom. The summed E-state index contributed by atoms with van der Waals surface area (Å²) in [5, 5.41) is 29.2. The third-order valence-electron chi connectivity index (χ3n) is 8.09. The number of benzene rings is 4. The predicted molar refractivity (Wildman–Crippen MR) is 215 cm³/mol. The molecule has 0 saturated heterocycles. The summed E-state index contributed by atoms with van der Waals surface area (Å²) in [4.78, 5) is -3.88. The van der Waals surface area contributed by atoms with Crippen LogP contribution in [-0.2, 0) is 69.1 Å². The smallest absolute Gasteiger partial charge is 0.397 e. The average molecular weight is 1010 g/mol. The summed E-state index contributed by atoms with van der Waals surface area (Å²) in [5.41, 5.74) is -2.22. The van der Waals surface area contributed by atoms with Crippen molar-refractivity contribution < 1.29 is 96.4 Å². The molecule has 0 atom stereocenters. The van der Waals surface area contributed by atoms with Gasteiger partial charge in [-0.15, -0.1) is 20.5 Å². The highest BCUT2D eigenvalue weighted by Crippen LogP contribution is 2.48. The molecule has 346 valence electrons. The Bertz CT molecular complexity index is 3210. The van der Waals surface area contributed by atoms with Gasteiger partial charge in [0.2, 0.25) is 0 Å². The number of rotatable bonds is 20. The topological polar surface area (TPSA) is 414 Å². The number of sulfone groups is 2.